The summed E-state index contributed by atoms with van der Waals surface area (Å²) in [5, 5.41) is 17.6. The van der Waals surface area contributed by atoms with E-state index in [2.05, 4.69) is 21.0 Å². The lowest BCUT2D eigenvalue weighted by Crippen LogP contribution is -2.49. The van der Waals surface area contributed by atoms with Crippen molar-refractivity contribution in [1.82, 2.24) is 26.1 Å². The second kappa shape index (κ2) is 8.72. The zero-order chi connectivity index (χ0) is 21.9. The first kappa shape index (κ1) is 21.6. The molecule has 162 valence electrons. The molecule has 0 radical (unpaired) electrons. The van der Waals surface area contributed by atoms with Crippen LogP contribution >= 0.6 is 0 Å². The normalized spacial score (nSPS) is 23.8. The van der Waals surface area contributed by atoms with E-state index in [-0.39, 0.29) is 18.2 Å². The zero-order valence-corrected chi connectivity index (χ0v) is 17.3. The highest BCUT2D eigenvalue weighted by atomic mass is 16.5. The number of carbonyl (C=O) groups excluding carboxylic acids is 2. The van der Waals surface area contributed by atoms with Gasteiger partial charge in [-0.15, -0.1) is 0 Å². The van der Waals surface area contributed by atoms with Gasteiger partial charge >= 0.3 is 0 Å². The maximum Gasteiger partial charge on any atom is 0.266 e. The Bertz CT molecular complexity index is 878. The van der Waals surface area contributed by atoms with Gasteiger partial charge in [-0.2, -0.15) is 0 Å². The van der Waals surface area contributed by atoms with Crippen molar-refractivity contribution < 1.29 is 19.4 Å². The molecule has 3 rings (SSSR count). The van der Waals surface area contributed by atoms with Crippen LogP contribution in [0.4, 0.5) is 5.82 Å². The van der Waals surface area contributed by atoms with Crippen LogP contribution in [-0.4, -0.2) is 52.2 Å². The molecule has 10 heteroatoms. The summed E-state index contributed by atoms with van der Waals surface area (Å²) >= 11 is 0. The van der Waals surface area contributed by atoms with Crippen LogP contribution in [0, 0.1) is 0 Å². The molecule has 0 saturated heterocycles. The number of aromatic nitrogens is 1. The fourth-order valence-electron chi connectivity index (χ4n) is 2.92. The van der Waals surface area contributed by atoms with Crippen LogP contribution < -0.4 is 21.8 Å². The molecule has 30 heavy (non-hydrogen) atoms. The van der Waals surface area contributed by atoms with Crippen LogP contribution in [0.1, 0.15) is 38.3 Å². The van der Waals surface area contributed by atoms with Crippen molar-refractivity contribution in [1.29, 1.82) is 0 Å². The number of hydrogen-bond acceptors (Lipinski definition) is 8. The number of aliphatic hydroxyl groups excluding tert-OH is 1. The maximum absolute atomic E-state index is 12.7. The Morgan fingerprint density at radius 1 is 1.47 bits per heavy atom. The second-order valence-corrected chi connectivity index (χ2v) is 7.91. The highest BCUT2D eigenvalue weighted by Gasteiger charge is 2.34. The topological polar surface area (TPSA) is 142 Å². The lowest BCUT2D eigenvalue weighted by atomic mass is 10.1. The van der Waals surface area contributed by atoms with Gasteiger partial charge in [-0.3, -0.25) is 14.6 Å². The Kier molecular flexibility index (Phi) is 6.28. The summed E-state index contributed by atoms with van der Waals surface area (Å²) in [6.45, 7) is 3.77. The standard InChI is InChI=1S/C20H28N6O4/c1-20(2,30-3)11-26-19(29)15(18(28)24-12-6-7-12)17(27)23-10-8-14(25-26)13-5-4-9-22-16(13)21/h4-5,8-10,12,14,25,29H,6-7,11H2,1-3H3,(H2,21,22)(H,23,27)(H,24,28)/b10-8+,19-15-. The van der Waals surface area contributed by atoms with Crippen LogP contribution in [0.5, 0.6) is 0 Å². The molecule has 0 bridgehead atoms. The van der Waals surface area contributed by atoms with Crippen LogP contribution in [0.15, 0.2) is 42.1 Å². The molecule has 1 aliphatic carbocycles. The van der Waals surface area contributed by atoms with Crippen molar-refractivity contribution in [3.8, 4) is 0 Å². The van der Waals surface area contributed by atoms with Crippen molar-refractivity contribution in [2.75, 3.05) is 19.4 Å². The molecule has 1 fully saturated rings. The average molecular weight is 416 g/mol. The molecule has 6 N–H and O–H groups in total. The van der Waals surface area contributed by atoms with Crippen molar-refractivity contribution in [3.63, 3.8) is 0 Å². The molecule has 2 aliphatic rings. The lowest BCUT2D eigenvalue weighted by Gasteiger charge is -2.35. The Morgan fingerprint density at radius 3 is 2.83 bits per heavy atom. The van der Waals surface area contributed by atoms with Gasteiger partial charge in [-0.1, -0.05) is 6.07 Å². The zero-order valence-electron chi connectivity index (χ0n) is 17.3. The molecular weight excluding hydrogens is 388 g/mol. The monoisotopic (exact) mass is 416 g/mol. The minimum atomic E-state index is -0.719. The number of amides is 2. The third-order valence-corrected chi connectivity index (χ3v) is 4.94. The molecule has 2 amide bonds. The fraction of sp³-hybridized carbons (Fsp3) is 0.450. The van der Waals surface area contributed by atoms with E-state index in [1.165, 1.54) is 11.2 Å². The lowest BCUT2D eigenvalue weighted by molar-refractivity contribution is -0.124. The molecule has 1 aliphatic heterocycles. The molecule has 0 aromatic carbocycles. The van der Waals surface area contributed by atoms with E-state index in [0.29, 0.717) is 11.4 Å². The number of carbonyl (C=O) groups is 2. The number of nitrogens with two attached hydrogens (primary N) is 1. The van der Waals surface area contributed by atoms with Gasteiger partial charge in [0.2, 0.25) is 5.88 Å². The molecule has 1 aromatic heterocycles. The van der Waals surface area contributed by atoms with E-state index in [1.54, 1.807) is 31.5 Å². The van der Waals surface area contributed by atoms with Gasteiger partial charge in [-0.05, 0) is 38.8 Å². The number of rotatable bonds is 6. The number of nitrogen functional groups attached to an aromatic ring is 1. The van der Waals surface area contributed by atoms with Gasteiger partial charge in [-0.25, -0.2) is 10.4 Å². The quantitative estimate of drug-likeness (QED) is 0.425. The predicted octanol–water partition coefficient (Wildman–Crippen LogP) is 0.628. The van der Waals surface area contributed by atoms with E-state index >= 15 is 0 Å². The smallest absolute Gasteiger partial charge is 0.266 e. The number of ether oxygens (including phenoxy) is 1. The number of nitrogens with zero attached hydrogens (tertiary/aromatic N) is 2. The highest BCUT2D eigenvalue weighted by molar-refractivity contribution is 6.19. The number of anilines is 1. The molecule has 2 heterocycles. The van der Waals surface area contributed by atoms with Gasteiger partial charge in [0.1, 0.15) is 5.82 Å². The van der Waals surface area contributed by atoms with Crippen molar-refractivity contribution in [2.24, 2.45) is 0 Å². The van der Waals surface area contributed by atoms with Gasteiger partial charge in [0, 0.05) is 31.1 Å². The van der Waals surface area contributed by atoms with E-state index < -0.39 is 29.3 Å². The number of hydrazine groups is 1. The van der Waals surface area contributed by atoms with Gasteiger partial charge in [0.05, 0.1) is 18.2 Å². The molecule has 1 saturated carbocycles. The van der Waals surface area contributed by atoms with Crippen molar-refractivity contribution >= 4 is 17.6 Å². The summed E-state index contributed by atoms with van der Waals surface area (Å²) in [6, 6.07) is 3.00. The van der Waals surface area contributed by atoms with E-state index in [1.807, 2.05) is 13.8 Å². The minimum absolute atomic E-state index is 0.0218. The highest BCUT2D eigenvalue weighted by Crippen LogP contribution is 2.24. The SMILES string of the molecule is COC(C)(C)CN1NC(c2cccnc2N)/C=C/NC(=O)/C(C(=O)NC2CC2)=C\1O. The Balaban J connectivity index is 2.02. The molecule has 1 atom stereocenters. The van der Waals surface area contributed by atoms with E-state index in [0.717, 1.165) is 12.8 Å². The van der Waals surface area contributed by atoms with Crippen molar-refractivity contribution in [3.05, 3.63) is 47.6 Å². The fourth-order valence-corrected chi connectivity index (χ4v) is 2.92. The van der Waals surface area contributed by atoms with E-state index in [9.17, 15) is 14.7 Å². The number of aliphatic hydroxyl groups is 1. The van der Waals surface area contributed by atoms with Gasteiger partial charge in [0.25, 0.3) is 11.8 Å². The summed E-state index contributed by atoms with van der Waals surface area (Å²) in [5.41, 5.74) is 8.71. The van der Waals surface area contributed by atoms with Gasteiger partial charge in [0.15, 0.2) is 5.57 Å². The molecule has 0 spiro atoms. The van der Waals surface area contributed by atoms with Crippen LogP contribution in [0.25, 0.3) is 0 Å². The summed E-state index contributed by atoms with van der Waals surface area (Å²) in [5.74, 6) is -1.57. The van der Waals surface area contributed by atoms with E-state index in [4.69, 9.17) is 10.5 Å². The first-order valence-electron chi connectivity index (χ1n) is 9.72. The molecule has 10 nitrogen and oxygen atoms in total. The van der Waals surface area contributed by atoms with Crippen LogP contribution in [-0.2, 0) is 14.3 Å². The first-order chi connectivity index (χ1) is 14.2. The number of pyridine rings is 1. The average Bonchev–Trinajstić information content (AvgIpc) is 3.50. The molecule has 1 unspecified atom stereocenters. The third-order valence-electron chi connectivity index (χ3n) is 4.94. The number of nitrogens with one attached hydrogen (secondary N) is 3. The first-order valence-corrected chi connectivity index (χ1v) is 9.72. The summed E-state index contributed by atoms with van der Waals surface area (Å²) < 4.78 is 5.48. The van der Waals surface area contributed by atoms with Crippen LogP contribution in [0.2, 0.25) is 0 Å². The van der Waals surface area contributed by atoms with Crippen LogP contribution in [0.3, 0.4) is 0 Å². The summed E-state index contributed by atoms with van der Waals surface area (Å²) in [7, 11) is 1.54. The molecule has 1 aromatic rings. The number of methoxy groups -OCH3 is 1. The minimum Gasteiger partial charge on any atom is -0.493 e. The molecular formula is C20H28N6O4. The maximum atomic E-state index is 12.7. The number of hydrogen-bond donors (Lipinski definition) is 5. The second-order valence-electron chi connectivity index (χ2n) is 7.91. The summed E-state index contributed by atoms with van der Waals surface area (Å²) in [6.07, 6.45) is 6.34. The van der Waals surface area contributed by atoms with Gasteiger partial charge < -0.3 is 26.2 Å². The Hall–Kier alpha value is -3.11. The predicted molar refractivity (Wildman–Crippen MR) is 110 cm³/mol. The third kappa shape index (κ3) is 5.08. The van der Waals surface area contributed by atoms with Crippen molar-refractivity contribution in [2.45, 2.75) is 44.4 Å². The summed E-state index contributed by atoms with van der Waals surface area (Å²) in [4.78, 5) is 29.5. The Labute approximate surface area is 175 Å². The Morgan fingerprint density at radius 2 is 2.20 bits per heavy atom. The largest absolute Gasteiger partial charge is 0.493 e.